The molecule has 2 heterocycles. The summed E-state index contributed by atoms with van der Waals surface area (Å²) in [6.07, 6.45) is 6.61. The predicted molar refractivity (Wildman–Crippen MR) is 112 cm³/mol. The first-order valence-corrected chi connectivity index (χ1v) is 9.87. The van der Waals surface area contributed by atoms with E-state index in [9.17, 15) is 9.18 Å². The SMILES string of the molecule is C=CCN(CC=C)C(=O)CSc1nnc(-c2cccnc2)n1-c1ccccc1F. The van der Waals surface area contributed by atoms with Crippen LogP contribution in [0.2, 0.25) is 0 Å². The van der Waals surface area contributed by atoms with Crippen LogP contribution in [0.1, 0.15) is 0 Å². The standard InChI is InChI=1S/C21H20FN5OS/c1-3-12-26(13-4-2)19(28)15-29-21-25-24-20(16-8-7-11-23-14-16)27(21)18-10-6-5-9-17(18)22/h3-11,14H,1-2,12-13,15H2. The van der Waals surface area contributed by atoms with Gasteiger partial charge in [-0.15, -0.1) is 23.4 Å². The van der Waals surface area contributed by atoms with Crippen molar-refractivity contribution in [2.24, 2.45) is 0 Å². The summed E-state index contributed by atoms with van der Waals surface area (Å²) >= 11 is 1.20. The lowest BCUT2D eigenvalue weighted by Crippen LogP contribution is -2.32. The van der Waals surface area contributed by atoms with Crippen LogP contribution in [0.4, 0.5) is 4.39 Å². The van der Waals surface area contributed by atoms with Crippen LogP contribution in [0.25, 0.3) is 17.1 Å². The Balaban J connectivity index is 1.94. The molecule has 0 N–H and O–H groups in total. The molecular weight excluding hydrogens is 389 g/mol. The topological polar surface area (TPSA) is 63.9 Å². The minimum Gasteiger partial charge on any atom is -0.335 e. The fourth-order valence-corrected chi connectivity index (χ4v) is 3.55. The summed E-state index contributed by atoms with van der Waals surface area (Å²) in [6, 6.07) is 9.97. The molecule has 0 aliphatic rings. The van der Waals surface area contributed by atoms with E-state index >= 15 is 0 Å². The molecule has 3 rings (SSSR count). The van der Waals surface area contributed by atoms with E-state index in [1.165, 1.54) is 17.8 Å². The van der Waals surface area contributed by atoms with Crippen LogP contribution in [0.15, 0.2) is 79.3 Å². The molecule has 148 valence electrons. The van der Waals surface area contributed by atoms with Gasteiger partial charge < -0.3 is 4.90 Å². The van der Waals surface area contributed by atoms with Crippen LogP contribution in [-0.2, 0) is 4.79 Å². The Kier molecular flexibility index (Phi) is 6.91. The number of halogens is 1. The maximum absolute atomic E-state index is 14.6. The Morgan fingerprint density at radius 3 is 2.55 bits per heavy atom. The van der Waals surface area contributed by atoms with E-state index in [2.05, 4.69) is 28.3 Å². The molecule has 0 saturated carbocycles. The van der Waals surface area contributed by atoms with Crippen molar-refractivity contribution in [2.75, 3.05) is 18.8 Å². The zero-order valence-corrected chi connectivity index (χ0v) is 16.6. The number of para-hydroxylation sites is 1. The lowest BCUT2D eigenvalue weighted by molar-refractivity contribution is -0.127. The minimum absolute atomic E-state index is 0.0965. The van der Waals surface area contributed by atoms with Gasteiger partial charge in [-0.3, -0.25) is 14.3 Å². The van der Waals surface area contributed by atoms with Crippen LogP contribution in [0.3, 0.4) is 0 Å². The summed E-state index contributed by atoms with van der Waals surface area (Å²) < 4.78 is 16.2. The van der Waals surface area contributed by atoms with E-state index in [0.717, 1.165) is 0 Å². The van der Waals surface area contributed by atoms with Gasteiger partial charge in [0, 0.05) is 31.0 Å². The molecule has 0 unspecified atom stereocenters. The van der Waals surface area contributed by atoms with E-state index in [4.69, 9.17) is 0 Å². The molecule has 29 heavy (non-hydrogen) atoms. The highest BCUT2D eigenvalue weighted by Gasteiger charge is 2.20. The number of rotatable bonds is 9. The Morgan fingerprint density at radius 1 is 1.14 bits per heavy atom. The fourth-order valence-electron chi connectivity index (χ4n) is 2.70. The first kappa shape index (κ1) is 20.5. The number of carbonyl (C=O) groups is 1. The third-order valence-electron chi connectivity index (χ3n) is 4.02. The van der Waals surface area contributed by atoms with Crippen LogP contribution in [0, 0.1) is 5.82 Å². The molecule has 0 aliphatic heterocycles. The Bertz CT molecular complexity index is 995. The van der Waals surface area contributed by atoms with Crippen molar-refractivity contribution in [3.63, 3.8) is 0 Å². The third-order valence-corrected chi connectivity index (χ3v) is 4.94. The lowest BCUT2D eigenvalue weighted by Gasteiger charge is -2.19. The van der Waals surface area contributed by atoms with E-state index < -0.39 is 5.82 Å². The monoisotopic (exact) mass is 409 g/mol. The van der Waals surface area contributed by atoms with E-state index in [0.29, 0.717) is 35.3 Å². The molecule has 0 radical (unpaired) electrons. The molecule has 0 saturated heterocycles. The summed E-state index contributed by atoms with van der Waals surface area (Å²) in [5.41, 5.74) is 1.00. The van der Waals surface area contributed by atoms with Crippen molar-refractivity contribution >= 4 is 17.7 Å². The molecule has 8 heteroatoms. The summed E-state index contributed by atoms with van der Waals surface area (Å²) in [7, 11) is 0. The second-order valence-electron chi connectivity index (χ2n) is 6.00. The summed E-state index contributed by atoms with van der Waals surface area (Å²) in [6.45, 7) is 8.20. The highest BCUT2D eigenvalue weighted by Crippen LogP contribution is 2.29. The molecule has 0 bridgehead atoms. The van der Waals surface area contributed by atoms with Crippen LogP contribution in [0.5, 0.6) is 0 Å². The van der Waals surface area contributed by atoms with E-state index in [1.807, 2.05) is 6.07 Å². The van der Waals surface area contributed by atoms with Gasteiger partial charge in [0.25, 0.3) is 0 Å². The van der Waals surface area contributed by atoms with Crippen molar-refractivity contribution in [1.82, 2.24) is 24.6 Å². The Morgan fingerprint density at radius 2 is 1.90 bits per heavy atom. The number of aromatic nitrogens is 4. The highest BCUT2D eigenvalue weighted by atomic mass is 32.2. The molecule has 1 amide bonds. The molecule has 2 aromatic heterocycles. The van der Waals surface area contributed by atoms with Crippen LogP contribution < -0.4 is 0 Å². The number of thioether (sulfide) groups is 1. The van der Waals surface area contributed by atoms with Gasteiger partial charge in [-0.05, 0) is 24.3 Å². The van der Waals surface area contributed by atoms with Gasteiger partial charge in [-0.2, -0.15) is 0 Å². The van der Waals surface area contributed by atoms with Crippen molar-refractivity contribution in [3.05, 3.63) is 79.9 Å². The molecule has 0 fully saturated rings. The quantitative estimate of drug-likeness (QED) is 0.398. The van der Waals surface area contributed by atoms with Crippen molar-refractivity contribution in [2.45, 2.75) is 5.16 Å². The molecule has 1 aromatic carbocycles. The number of benzene rings is 1. The maximum atomic E-state index is 14.6. The summed E-state index contributed by atoms with van der Waals surface area (Å²) in [5.74, 6) is 0.0694. The van der Waals surface area contributed by atoms with Crippen LogP contribution in [-0.4, -0.2) is 49.4 Å². The number of nitrogens with zero attached hydrogens (tertiary/aromatic N) is 5. The van der Waals surface area contributed by atoms with Gasteiger partial charge in [0.05, 0.1) is 11.4 Å². The van der Waals surface area contributed by atoms with Crippen molar-refractivity contribution < 1.29 is 9.18 Å². The number of hydrogen-bond donors (Lipinski definition) is 0. The smallest absolute Gasteiger partial charge is 0.233 e. The molecule has 6 nitrogen and oxygen atoms in total. The number of pyridine rings is 1. The number of amides is 1. The average molecular weight is 409 g/mol. The molecule has 0 aliphatic carbocycles. The fraction of sp³-hybridized carbons (Fsp3) is 0.143. The largest absolute Gasteiger partial charge is 0.335 e. The normalized spacial score (nSPS) is 10.5. The first-order chi connectivity index (χ1) is 14.2. The first-order valence-electron chi connectivity index (χ1n) is 8.88. The molecule has 3 aromatic rings. The Hall–Kier alpha value is -3.26. The van der Waals surface area contributed by atoms with E-state index in [-0.39, 0.29) is 11.7 Å². The second kappa shape index (κ2) is 9.79. The second-order valence-corrected chi connectivity index (χ2v) is 6.94. The average Bonchev–Trinajstić information content (AvgIpc) is 3.16. The van der Waals surface area contributed by atoms with Crippen LogP contribution >= 0.6 is 11.8 Å². The minimum atomic E-state index is -0.412. The van der Waals surface area contributed by atoms with Gasteiger partial charge in [-0.25, -0.2) is 4.39 Å². The lowest BCUT2D eigenvalue weighted by atomic mass is 10.2. The predicted octanol–water partition coefficient (Wildman–Crippen LogP) is 3.76. The van der Waals surface area contributed by atoms with Gasteiger partial charge in [0.15, 0.2) is 11.0 Å². The van der Waals surface area contributed by atoms with Crippen molar-refractivity contribution in [1.29, 1.82) is 0 Å². The molecule has 0 atom stereocenters. The maximum Gasteiger partial charge on any atom is 0.233 e. The summed E-state index contributed by atoms with van der Waals surface area (Å²) in [5, 5.41) is 8.85. The zero-order chi connectivity index (χ0) is 20.6. The third kappa shape index (κ3) is 4.78. The molecule has 0 spiro atoms. The van der Waals surface area contributed by atoms with Gasteiger partial charge in [-0.1, -0.05) is 36.0 Å². The summed E-state index contributed by atoms with van der Waals surface area (Å²) in [4.78, 5) is 18.3. The highest BCUT2D eigenvalue weighted by molar-refractivity contribution is 7.99. The van der Waals surface area contributed by atoms with Crippen molar-refractivity contribution in [3.8, 4) is 17.1 Å². The number of carbonyl (C=O) groups excluding carboxylic acids is 1. The van der Waals surface area contributed by atoms with E-state index in [1.54, 1.807) is 58.3 Å². The van der Waals surface area contributed by atoms with Gasteiger partial charge in [0.2, 0.25) is 5.91 Å². The van der Waals surface area contributed by atoms with Gasteiger partial charge in [0.1, 0.15) is 5.82 Å². The van der Waals surface area contributed by atoms with Gasteiger partial charge >= 0.3 is 0 Å². The zero-order valence-electron chi connectivity index (χ0n) is 15.7. The number of hydrogen-bond acceptors (Lipinski definition) is 5. The Labute approximate surface area is 172 Å². The molecular formula is C21H20FN5OS.